The van der Waals surface area contributed by atoms with Gasteiger partial charge in [0.1, 0.15) is 5.82 Å². The average molecular weight is 289 g/mol. The molecule has 0 bridgehead atoms. The van der Waals surface area contributed by atoms with Crippen LogP contribution in [0.1, 0.15) is 49.3 Å². The summed E-state index contributed by atoms with van der Waals surface area (Å²) in [4.78, 5) is 11.6. The number of nitrogens with zero attached hydrogens (tertiary/aromatic N) is 3. The number of hydrogen-bond donors (Lipinski definition) is 1. The number of aliphatic hydroxyl groups is 1. The Kier molecular flexibility index (Phi) is 4.27. The first-order valence-corrected chi connectivity index (χ1v) is 8.23. The molecule has 0 spiro atoms. The van der Waals surface area contributed by atoms with Crippen molar-refractivity contribution in [3.8, 4) is 0 Å². The average Bonchev–Trinajstić information content (AvgIpc) is 3.21. The first-order chi connectivity index (χ1) is 10.1. The van der Waals surface area contributed by atoms with Crippen LogP contribution in [0.3, 0.4) is 0 Å². The lowest BCUT2D eigenvalue weighted by molar-refractivity contribution is 0.0170. The fourth-order valence-electron chi connectivity index (χ4n) is 3.81. The van der Waals surface area contributed by atoms with E-state index in [-0.39, 0.29) is 5.41 Å². The van der Waals surface area contributed by atoms with Crippen LogP contribution in [0.15, 0.2) is 6.07 Å². The van der Waals surface area contributed by atoms with E-state index in [1.807, 2.05) is 19.9 Å². The van der Waals surface area contributed by atoms with Crippen molar-refractivity contribution in [1.29, 1.82) is 0 Å². The molecular weight excluding hydrogens is 262 g/mol. The Hall–Kier alpha value is -1.00. The Balaban J connectivity index is 1.67. The predicted octanol–water partition coefficient (Wildman–Crippen LogP) is 2.47. The lowest BCUT2D eigenvalue weighted by Crippen LogP contribution is -2.45. The maximum atomic E-state index is 9.93. The number of aliphatic hydroxyl groups excluding tert-OH is 1. The monoisotopic (exact) mass is 289 g/mol. The third-order valence-electron chi connectivity index (χ3n) is 4.89. The fourth-order valence-corrected chi connectivity index (χ4v) is 3.81. The molecule has 3 rings (SSSR count). The third kappa shape index (κ3) is 3.80. The van der Waals surface area contributed by atoms with Gasteiger partial charge >= 0.3 is 0 Å². The van der Waals surface area contributed by atoms with Crippen molar-refractivity contribution >= 4 is 0 Å². The fraction of sp³-hybridized carbons (Fsp3) is 0.765. The molecule has 4 heteroatoms. The van der Waals surface area contributed by atoms with Crippen molar-refractivity contribution in [2.45, 2.75) is 52.5 Å². The van der Waals surface area contributed by atoms with Gasteiger partial charge in [-0.15, -0.1) is 0 Å². The van der Waals surface area contributed by atoms with Crippen molar-refractivity contribution < 1.29 is 5.11 Å². The summed E-state index contributed by atoms with van der Waals surface area (Å²) in [5.41, 5.74) is 2.21. The molecule has 4 nitrogen and oxygen atoms in total. The molecule has 2 fully saturated rings. The third-order valence-corrected chi connectivity index (χ3v) is 4.89. The van der Waals surface area contributed by atoms with Gasteiger partial charge in [-0.1, -0.05) is 12.8 Å². The highest BCUT2D eigenvalue weighted by Gasteiger charge is 2.39. The van der Waals surface area contributed by atoms with Gasteiger partial charge < -0.3 is 5.11 Å². The molecule has 0 amide bonds. The highest BCUT2D eigenvalue weighted by atomic mass is 16.3. The summed E-state index contributed by atoms with van der Waals surface area (Å²) in [6.45, 7) is 7.29. The quantitative estimate of drug-likeness (QED) is 0.904. The summed E-state index contributed by atoms with van der Waals surface area (Å²) in [6, 6.07) is 2.02. The molecule has 1 aromatic rings. The molecule has 21 heavy (non-hydrogen) atoms. The smallest absolute Gasteiger partial charge is 0.142 e. The second-order valence-corrected chi connectivity index (χ2v) is 7.19. The molecule has 1 aromatic heterocycles. The molecule has 1 saturated carbocycles. The molecule has 0 unspecified atom stereocenters. The Labute approximate surface area is 127 Å². The zero-order valence-corrected chi connectivity index (χ0v) is 13.3. The van der Waals surface area contributed by atoms with Gasteiger partial charge in [-0.3, -0.25) is 4.90 Å². The van der Waals surface area contributed by atoms with E-state index < -0.39 is 0 Å². The summed E-state index contributed by atoms with van der Waals surface area (Å²) >= 11 is 0. The molecule has 116 valence electrons. The predicted molar refractivity (Wildman–Crippen MR) is 82.9 cm³/mol. The van der Waals surface area contributed by atoms with E-state index in [0.717, 1.165) is 42.8 Å². The molecule has 1 aliphatic carbocycles. The SMILES string of the molecule is Cc1cc(C)nc(CN2CCC[C@](CO)(CC3CC3)C2)n1. The molecule has 1 N–H and O–H groups in total. The van der Waals surface area contributed by atoms with Gasteiger partial charge in [0.05, 0.1) is 6.54 Å². The second-order valence-electron chi connectivity index (χ2n) is 7.19. The normalized spacial score (nSPS) is 27.0. The Morgan fingerprint density at radius 2 is 2.00 bits per heavy atom. The van der Waals surface area contributed by atoms with Gasteiger partial charge in [0.15, 0.2) is 0 Å². The van der Waals surface area contributed by atoms with Crippen LogP contribution in [-0.2, 0) is 6.54 Å². The zero-order chi connectivity index (χ0) is 14.9. The van der Waals surface area contributed by atoms with Gasteiger partial charge in [0.25, 0.3) is 0 Å². The van der Waals surface area contributed by atoms with Crippen LogP contribution in [0.5, 0.6) is 0 Å². The number of piperidine rings is 1. The van der Waals surface area contributed by atoms with Crippen molar-refractivity contribution in [3.05, 3.63) is 23.3 Å². The summed E-state index contributed by atoms with van der Waals surface area (Å²) < 4.78 is 0. The zero-order valence-electron chi connectivity index (χ0n) is 13.3. The lowest BCUT2D eigenvalue weighted by Gasteiger charge is -2.42. The van der Waals surface area contributed by atoms with E-state index in [4.69, 9.17) is 0 Å². The van der Waals surface area contributed by atoms with Gasteiger partial charge in [-0.05, 0) is 51.6 Å². The Bertz CT molecular complexity index is 481. The molecule has 2 heterocycles. The number of aryl methyl sites for hydroxylation is 2. The summed E-state index contributed by atoms with van der Waals surface area (Å²) in [7, 11) is 0. The second kappa shape index (κ2) is 6.01. The standard InChI is InChI=1S/C17H27N3O/c1-13-8-14(2)19-16(18-13)10-20-7-3-6-17(11-20,12-21)9-15-4-5-15/h8,15,21H,3-7,9-12H2,1-2H3/t17-/m0/s1. The van der Waals surface area contributed by atoms with Crippen LogP contribution in [0.25, 0.3) is 0 Å². The highest BCUT2D eigenvalue weighted by Crippen LogP contribution is 2.44. The summed E-state index contributed by atoms with van der Waals surface area (Å²) in [6.07, 6.45) is 6.28. The van der Waals surface area contributed by atoms with Gasteiger partial charge in [-0.25, -0.2) is 9.97 Å². The van der Waals surface area contributed by atoms with E-state index in [1.165, 1.54) is 32.1 Å². The van der Waals surface area contributed by atoms with Crippen LogP contribution in [-0.4, -0.2) is 39.7 Å². The van der Waals surface area contributed by atoms with Gasteiger partial charge in [0, 0.05) is 30.0 Å². The molecule has 0 aromatic carbocycles. The molecule has 1 aliphatic heterocycles. The minimum Gasteiger partial charge on any atom is -0.396 e. The van der Waals surface area contributed by atoms with Crippen LogP contribution < -0.4 is 0 Å². The number of aromatic nitrogens is 2. The van der Waals surface area contributed by atoms with Crippen molar-refractivity contribution in [2.24, 2.45) is 11.3 Å². The minimum atomic E-state index is 0.123. The highest BCUT2D eigenvalue weighted by molar-refractivity contribution is 5.08. The first-order valence-electron chi connectivity index (χ1n) is 8.23. The van der Waals surface area contributed by atoms with Crippen LogP contribution in [0.4, 0.5) is 0 Å². The van der Waals surface area contributed by atoms with Gasteiger partial charge in [-0.2, -0.15) is 0 Å². The Morgan fingerprint density at radius 1 is 1.29 bits per heavy atom. The number of hydrogen-bond acceptors (Lipinski definition) is 4. The van der Waals surface area contributed by atoms with Crippen LogP contribution in [0.2, 0.25) is 0 Å². The maximum absolute atomic E-state index is 9.93. The first kappa shape index (κ1) is 14.9. The Morgan fingerprint density at radius 3 is 2.62 bits per heavy atom. The topological polar surface area (TPSA) is 49.2 Å². The van der Waals surface area contributed by atoms with E-state index in [0.29, 0.717) is 6.61 Å². The van der Waals surface area contributed by atoms with Crippen molar-refractivity contribution in [3.63, 3.8) is 0 Å². The van der Waals surface area contributed by atoms with Crippen LogP contribution in [0, 0.1) is 25.2 Å². The molecule has 1 atom stereocenters. The number of rotatable bonds is 5. The van der Waals surface area contributed by atoms with E-state index >= 15 is 0 Å². The van der Waals surface area contributed by atoms with Crippen molar-refractivity contribution in [2.75, 3.05) is 19.7 Å². The maximum Gasteiger partial charge on any atom is 0.142 e. The van der Waals surface area contributed by atoms with Gasteiger partial charge in [0.2, 0.25) is 0 Å². The lowest BCUT2D eigenvalue weighted by atomic mass is 9.76. The van der Waals surface area contributed by atoms with E-state index in [9.17, 15) is 5.11 Å². The summed E-state index contributed by atoms with van der Waals surface area (Å²) in [5.74, 6) is 1.79. The molecule has 2 aliphatic rings. The molecule has 0 radical (unpaired) electrons. The molecular formula is C17H27N3O. The largest absolute Gasteiger partial charge is 0.396 e. The van der Waals surface area contributed by atoms with Crippen molar-refractivity contribution in [1.82, 2.24) is 14.9 Å². The minimum absolute atomic E-state index is 0.123. The van der Waals surface area contributed by atoms with E-state index in [1.54, 1.807) is 0 Å². The number of likely N-dealkylation sites (tertiary alicyclic amines) is 1. The molecule has 1 saturated heterocycles. The van der Waals surface area contributed by atoms with Crippen LogP contribution >= 0.6 is 0 Å². The summed E-state index contributed by atoms with van der Waals surface area (Å²) in [5, 5.41) is 9.93. The van der Waals surface area contributed by atoms with E-state index in [2.05, 4.69) is 14.9 Å².